The molecule has 0 aliphatic carbocycles. The zero-order chi connectivity index (χ0) is 14.0. The largest absolute Gasteiger partial charge is 0.368 e. The van der Waals surface area contributed by atoms with Crippen LogP contribution in [0.5, 0.6) is 0 Å². The molecule has 1 aliphatic rings. The van der Waals surface area contributed by atoms with Crippen molar-refractivity contribution in [3.8, 4) is 0 Å². The zero-order valence-electron chi connectivity index (χ0n) is 11.4. The van der Waals surface area contributed by atoms with Gasteiger partial charge < -0.3 is 15.5 Å². The number of carbonyl (C=O) groups excluding carboxylic acids is 1. The van der Waals surface area contributed by atoms with Gasteiger partial charge in [-0.3, -0.25) is 4.79 Å². The van der Waals surface area contributed by atoms with Crippen LogP contribution >= 0.6 is 11.6 Å². The highest BCUT2D eigenvalue weighted by molar-refractivity contribution is 6.30. The van der Waals surface area contributed by atoms with Crippen molar-refractivity contribution in [2.24, 2.45) is 5.73 Å². The first-order chi connectivity index (χ1) is 8.99. The summed E-state index contributed by atoms with van der Waals surface area (Å²) in [6.45, 7) is 6.87. The van der Waals surface area contributed by atoms with Crippen molar-refractivity contribution in [3.05, 3.63) is 28.8 Å². The van der Waals surface area contributed by atoms with Crippen molar-refractivity contribution in [2.45, 2.75) is 19.9 Å². The Morgan fingerprint density at radius 1 is 1.32 bits per heavy atom. The molecule has 0 radical (unpaired) electrons. The molecule has 1 atom stereocenters. The van der Waals surface area contributed by atoms with Crippen LogP contribution in [-0.4, -0.2) is 43.0 Å². The quantitative estimate of drug-likeness (QED) is 0.897. The van der Waals surface area contributed by atoms with Crippen molar-refractivity contribution in [1.29, 1.82) is 0 Å². The number of aryl methyl sites for hydroxylation is 1. The van der Waals surface area contributed by atoms with E-state index in [9.17, 15) is 4.79 Å². The Bertz CT molecular complexity index is 468. The fraction of sp³-hybridized carbons (Fsp3) is 0.500. The fourth-order valence-corrected chi connectivity index (χ4v) is 2.55. The Morgan fingerprint density at radius 2 is 1.95 bits per heavy atom. The average Bonchev–Trinajstić information content (AvgIpc) is 2.41. The minimum absolute atomic E-state index is 0.0301. The molecule has 1 heterocycles. The van der Waals surface area contributed by atoms with Crippen LogP contribution < -0.4 is 10.6 Å². The van der Waals surface area contributed by atoms with Crippen LogP contribution in [0.1, 0.15) is 12.5 Å². The molecule has 4 nitrogen and oxygen atoms in total. The Morgan fingerprint density at radius 3 is 2.53 bits per heavy atom. The number of anilines is 1. The lowest BCUT2D eigenvalue weighted by Crippen LogP contribution is -2.52. The second-order valence-corrected chi connectivity index (χ2v) is 5.47. The van der Waals surface area contributed by atoms with Crippen molar-refractivity contribution in [1.82, 2.24) is 4.90 Å². The second kappa shape index (κ2) is 5.80. The summed E-state index contributed by atoms with van der Waals surface area (Å²) in [6.07, 6.45) is 0. The average molecular weight is 282 g/mol. The number of carbonyl (C=O) groups is 1. The summed E-state index contributed by atoms with van der Waals surface area (Å²) >= 11 is 6.05. The molecule has 1 aromatic carbocycles. The van der Waals surface area contributed by atoms with Crippen molar-refractivity contribution >= 4 is 23.2 Å². The number of halogens is 1. The standard InChI is InChI=1S/C14H20ClN3O/c1-10-3-4-12(15)9-13(10)17-5-7-18(8-6-17)14(19)11(2)16/h3-4,9,11H,5-8,16H2,1-2H3. The van der Waals surface area contributed by atoms with E-state index in [-0.39, 0.29) is 5.91 Å². The Kier molecular flexibility index (Phi) is 4.32. The van der Waals surface area contributed by atoms with E-state index in [1.54, 1.807) is 6.92 Å². The lowest BCUT2D eigenvalue weighted by Gasteiger charge is -2.37. The molecule has 1 aromatic rings. The molecule has 2 N–H and O–H groups in total. The molecule has 5 heteroatoms. The first kappa shape index (κ1) is 14.2. The van der Waals surface area contributed by atoms with Crippen molar-refractivity contribution < 1.29 is 4.79 Å². The number of piperazine rings is 1. The minimum atomic E-state index is -0.417. The molecule has 1 saturated heterocycles. The van der Waals surface area contributed by atoms with E-state index in [1.807, 2.05) is 23.1 Å². The molecule has 2 rings (SSSR count). The summed E-state index contributed by atoms with van der Waals surface area (Å²) in [7, 11) is 0. The van der Waals surface area contributed by atoms with Crippen LogP contribution in [0.2, 0.25) is 5.02 Å². The Labute approximate surface area is 119 Å². The Hall–Kier alpha value is -1.26. The summed E-state index contributed by atoms with van der Waals surface area (Å²) in [5.74, 6) is 0.0301. The van der Waals surface area contributed by atoms with Gasteiger partial charge in [-0.2, -0.15) is 0 Å². The molecular weight excluding hydrogens is 262 g/mol. The summed E-state index contributed by atoms with van der Waals surface area (Å²) in [4.78, 5) is 15.9. The molecule has 0 bridgehead atoms. The lowest BCUT2D eigenvalue weighted by atomic mass is 10.1. The first-order valence-corrected chi connectivity index (χ1v) is 6.92. The van der Waals surface area contributed by atoms with Crippen molar-refractivity contribution in [3.63, 3.8) is 0 Å². The van der Waals surface area contributed by atoms with Gasteiger partial charge in [-0.05, 0) is 31.5 Å². The van der Waals surface area contributed by atoms with E-state index in [2.05, 4.69) is 11.8 Å². The predicted octanol–water partition coefficient (Wildman–Crippen LogP) is 1.64. The molecule has 1 fully saturated rings. The number of hydrogen-bond donors (Lipinski definition) is 1. The third-order valence-corrected chi connectivity index (χ3v) is 3.73. The molecule has 0 aromatic heterocycles. The van der Waals surface area contributed by atoms with Gasteiger partial charge in [0.25, 0.3) is 0 Å². The van der Waals surface area contributed by atoms with Crippen LogP contribution in [0.25, 0.3) is 0 Å². The van der Waals surface area contributed by atoms with Gasteiger partial charge in [0.2, 0.25) is 5.91 Å². The topological polar surface area (TPSA) is 49.6 Å². The minimum Gasteiger partial charge on any atom is -0.368 e. The van der Waals surface area contributed by atoms with E-state index in [0.29, 0.717) is 13.1 Å². The summed E-state index contributed by atoms with van der Waals surface area (Å²) < 4.78 is 0. The smallest absolute Gasteiger partial charge is 0.239 e. The normalized spacial score (nSPS) is 17.5. The van der Waals surface area contributed by atoms with Crippen LogP contribution in [0, 0.1) is 6.92 Å². The van der Waals surface area contributed by atoms with Gasteiger partial charge >= 0.3 is 0 Å². The molecule has 0 spiro atoms. The number of nitrogens with two attached hydrogens (primary N) is 1. The number of rotatable bonds is 2. The SMILES string of the molecule is Cc1ccc(Cl)cc1N1CCN(C(=O)C(C)N)CC1. The van der Waals surface area contributed by atoms with E-state index < -0.39 is 6.04 Å². The highest BCUT2D eigenvalue weighted by Gasteiger charge is 2.23. The molecule has 1 amide bonds. The van der Waals surface area contributed by atoms with Crippen LogP contribution in [0.3, 0.4) is 0 Å². The van der Waals surface area contributed by atoms with Crippen molar-refractivity contribution in [2.75, 3.05) is 31.1 Å². The molecule has 104 valence electrons. The third kappa shape index (κ3) is 3.19. The zero-order valence-corrected chi connectivity index (χ0v) is 12.2. The van der Waals surface area contributed by atoms with Crippen LogP contribution in [0.15, 0.2) is 18.2 Å². The number of nitrogens with zero attached hydrogens (tertiary/aromatic N) is 2. The number of amides is 1. The van der Waals surface area contributed by atoms with Gasteiger partial charge in [0.1, 0.15) is 0 Å². The first-order valence-electron chi connectivity index (χ1n) is 6.54. The molecule has 19 heavy (non-hydrogen) atoms. The van der Waals surface area contributed by atoms with E-state index >= 15 is 0 Å². The van der Waals surface area contributed by atoms with Gasteiger partial charge in [-0.25, -0.2) is 0 Å². The van der Waals surface area contributed by atoms with E-state index in [1.165, 1.54) is 5.56 Å². The highest BCUT2D eigenvalue weighted by Crippen LogP contribution is 2.25. The monoisotopic (exact) mass is 281 g/mol. The van der Waals surface area contributed by atoms with Crippen LogP contribution in [-0.2, 0) is 4.79 Å². The summed E-state index contributed by atoms with van der Waals surface area (Å²) in [5, 5.41) is 0.745. The van der Waals surface area contributed by atoms with Gasteiger partial charge in [0.05, 0.1) is 6.04 Å². The lowest BCUT2D eigenvalue weighted by molar-refractivity contribution is -0.132. The number of benzene rings is 1. The summed E-state index contributed by atoms with van der Waals surface area (Å²) in [5.41, 5.74) is 7.99. The Balaban J connectivity index is 2.04. The third-order valence-electron chi connectivity index (χ3n) is 3.49. The maximum Gasteiger partial charge on any atom is 0.239 e. The second-order valence-electron chi connectivity index (χ2n) is 5.03. The molecule has 1 unspecified atom stereocenters. The van der Waals surface area contributed by atoms with Crippen LogP contribution in [0.4, 0.5) is 5.69 Å². The van der Waals surface area contributed by atoms with Gasteiger partial charge in [-0.1, -0.05) is 17.7 Å². The molecule has 1 aliphatic heterocycles. The van der Waals surface area contributed by atoms with Gasteiger partial charge in [-0.15, -0.1) is 0 Å². The number of hydrogen-bond acceptors (Lipinski definition) is 3. The molecular formula is C14H20ClN3O. The van der Waals surface area contributed by atoms with Gasteiger partial charge in [0, 0.05) is 36.9 Å². The molecule has 0 saturated carbocycles. The maximum atomic E-state index is 11.8. The predicted molar refractivity (Wildman–Crippen MR) is 78.6 cm³/mol. The summed E-state index contributed by atoms with van der Waals surface area (Å²) in [6, 6.07) is 5.49. The fourth-order valence-electron chi connectivity index (χ4n) is 2.38. The highest BCUT2D eigenvalue weighted by atomic mass is 35.5. The maximum absolute atomic E-state index is 11.8. The van der Waals surface area contributed by atoms with Gasteiger partial charge in [0.15, 0.2) is 0 Å². The van der Waals surface area contributed by atoms with E-state index in [4.69, 9.17) is 17.3 Å². The van der Waals surface area contributed by atoms with E-state index in [0.717, 1.165) is 23.8 Å².